The van der Waals surface area contributed by atoms with Crippen LogP contribution in [0.4, 0.5) is 0 Å². The maximum absolute atomic E-state index is 12.1. The Bertz CT molecular complexity index is 755. The first-order valence-electron chi connectivity index (χ1n) is 5.73. The molecule has 2 N–H and O–H groups in total. The number of rotatable bonds is 6. The molecule has 1 aromatic carbocycles. The van der Waals surface area contributed by atoms with Crippen molar-refractivity contribution in [3.05, 3.63) is 41.0 Å². The van der Waals surface area contributed by atoms with E-state index in [1.807, 2.05) is 0 Å². The minimum Gasteiger partial charge on any atom is -0.497 e. The maximum Gasteiger partial charge on any atom is 0.356 e. The van der Waals surface area contributed by atoms with Crippen LogP contribution in [0.1, 0.15) is 16.1 Å². The first-order chi connectivity index (χ1) is 9.94. The number of aromatic carboxylic acids is 1. The number of carboxylic acids is 1. The molecule has 0 saturated carbocycles. The molecule has 1 aromatic heterocycles. The molecule has 0 atom stereocenters. The lowest BCUT2D eigenvalue weighted by Crippen LogP contribution is -2.24. The molecule has 9 heteroatoms. The van der Waals surface area contributed by atoms with E-state index in [1.54, 1.807) is 24.3 Å². The molecule has 0 spiro atoms. The van der Waals surface area contributed by atoms with Crippen molar-refractivity contribution in [2.45, 2.75) is 10.8 Å². The highest BCUT2D eigenvalue weighted by molar-refractivity contribution is 7.91. The van der Waals surface area contributed by atoms with E-state index in [0.29, 0.717) is 11.3 Å². The topological polar surface area (TPSA) is 106 Å². The zero-order chi connectivity index (χ0) is 15.5. The van der Waals surface area contributed by atoms with Gasteiger partial charge in [-0.15, -0.1) is 11.3 Å². The number of carbonyl (C=O) groups is 1. The van der Waals surface area contributed by atoms with Crippen LogP contribution in [0.2, 0.25) is 0 Å². The third-order valence-electron chi connectivity index (χ3n) is 2.58. The van der Waals surface area contributed by atoms with Crippen LogP contribution in [0.15, 0.2) is 34.0 Å². The van der Waals surface area contributed by atoms with E-state index < -0.39 is 21.7 Å². The fourth-order valence-corrected chi connectivity index (χ4v) is 3.80. The van der Waals surface area contributed by atoms with Gasteiger partial charge in [-0.1, -0.05) is 12.1 Å². The molecule has 21 heavy (non-hydrogen) atoms. The molecule has 112 valence electrons. The smallest absolute Gasteiger partial charge is 0.356 e. The van der Waals surface area contributed by atoms with E-state index >= 15 is 0 Å². The van der Waals surface area contributed by atoms with Crippen molar-refractivity contribution in [2.24, 2.45) is 0 Å². The average Bonchev–Trinajstić information content (AvgIpc) is 2.96. The summed E-state index contributed by atoms with van der Waals surface area (Å²) in [5.41, 5.74) is 1.40. The maximum atomic E-state index is 12.1. The summed E-state index contributed by atoms with van der Waals surface area (Å²) in [5.74, 6) is -0.770. The quantitative estimate of drug-likeness (QED) is 0.828. The Hall–Kier alpha value is -1.97. The highest BCUT2D eigenvalue weighted by Gasteiger charge is 2.25. The molecule has 7 nitrogen and oxygen atoms in total. The summed E-state index contributed by atoms with van der Waals surface area (Å²) in [7, 11) is -2.41. The molecule has 0 radical (unpaired) electrons. The fourth-order valence-electron chi connectivity index (χ4n) is 1.59. The second-order valence-electron chi connectivity index (χ2n) is 3.97. The predicted molar refractivity (Wildman–Crippen MR) is 76.1 cm³/mol. The SMILES string of the molecule is COc1cccc(CNS(=O)(=O)c2scnc2C(=O)O)c1. The van der Waals surface area contributed by atoms with Gasteiger partial charge in [0, 0.05) is 6.54 Å². The van der Waals surface area contributed by atoms with Gasteiger partial charge < -0.3 is 9.84 Å². The number of thiazole rings is 1. The highest BCUT2D eigenvalue weighted by Crippen LogP contribution is 2.20. The van der Waals surface area contributed by atoms with Crippen molar-refractivity contribution < 1.29 is 23.1 Å². The fraction of sp³-hybridized carbons (Fsp3) is 0.167. The number of ether oxygens (including phenoxy) is 1. The van der Waals surface area contributed by atoms with E-state index in [4.69, 9.17) is 9.84 Å². The number of sulfonamides is 1. The van der Waals surface area contributed by atoms with Gasteiger partial charge in [0.15, 0.2) is 9.90 Å². The van der Waals surface area contributed by atoms with Crippen molar-refractivity contribution in [3.8, 4) is 5.75 Å². The zero-order valence-electron chi connectivity index (χ0n) is 10.9. The van der Waals surface area contributed by atoms with E-state index in [1.165, 1.54) is 12.6 Å². The number of aromatic nitrogens is 1. The number of methoxy groups -OCH3 is 1. The van der Waals surface area contributed by atoms with Gasteiger partial charge in [0.2, 0.25) is 0 Å². The van der Waals surface area contributed by atoms with Crippen molar-refractivity contribution in [2.75, 3.05) is 7.11 Å². The van der Waals surface area contributed by atoms with Gasteiger partial charge in [-0.3, -0.25) is 0 Å². The summed E-state index contributed by atoms with van der Waals surface area (Å²) in [5, 5.41) is 8.91. The molecule has 0 aliphatic rings. The normalized spacial score (nSPS) is 11.3. The molecular formula is C12H12N2O5S2. The minimum absolute atomic E-state index is 0.0243. The van der Waals surface area contributed by atoms with Crippen LogP contribution in [0.3, 0.4) is 0 Å². The summed E-state index contributed by atoms with van der Waals surface area (Å²) in [6, 6.07) is 6.89. The lowest BCUT2D eigenvalue weighted by molar-refractivity contribution is 0.0687. The molecule has 0 bridgehead atoms. The van der Waals surface area contributed by atoms with Crippen molar-refractivity contribution in [1.29, 1.82) is 0 Å². The summed E-state index contributed by atoms with van der Waals surface area (Å²) < 4.78 is 31.3. The van der Waals surface area contributed by atoms with Gasteiger partial charge in [0.05, 0.1) is 12.6 Å². The molecular weight excluding hydrogens is 316 g/mol. The van der Waals surface area contributed by atoms with Crippen LogP contribution in [0, 0.1) is 0 Å². The van der Waals surface area contributed by atoms with E-state index in [0.717, 1.165) is 11.3 Å². The molecule has 0 amide bonds. The van der Waals surface area contributed by atoms with Gasteiger partial charge in [0.25, 0.3) is 10.0 Å². The van der Waals surface area contributed by atoms with Gasteiger partial charge >= 0.3 is 5.97 Å². The minimum atomic E-state index is -3.93. The lowest BCUT2D eigenvalue weighted by atomic mass is 10.2. The second-order valence-corrected chi connectivity index (χ2v) is 6.79. The average molecular weight is 328 g/mol. The van der Waals surface area contributed by atoms with Crippen LogP contribution in [-0.4, -0.2) is 31.6 Å². The molecule has 0 fully saturated rings. The van der Waals surface area contributed by atoms with Crippen molar-refractivity contribution in [1.82, 2.24) is 9.71 Å². The largest absolute Gasteiger partial charge is 0.497 e. The number of nitrogens with zero attached hydrogens (tertiary/aromatic N) is 1. The molecule has 2 rings (SSSR count). The van der Waals surface area contributed by atoms with Crippen LogP contribution in [0.25, 0.3) is 0 Å². The Kier molecular flexibility index (Phi) is 4.56. The molecule has 0 unspecified atom stereocenters. The van der Waals surface area contributed by atoms with Gasteiger partial charge in [-0.05, 0) is 17.7 Å². The summed E-state index contributed by atoms with van der Waals surface area (Å²) in [4.78, 5) is 14.5. The third-order valence-corrected chi connectivity index (χ3v) is 5.35. The number of nitrogens with one attached hydrogen (secondary N) is 1. The summed E-state index contributed by atoms with van der Waals surface area (Å²) in [6.07, 6.45) is 0. The number of hydrogen-bond acceptors (Lipinski definition) is 6. The third kappa shape index (κ3) is 3.57. The Morgan fingerprint density at radius 2 is 2.24 bits per heavy atom. The first-order valence-corrected chi connectivity index (χ1v) is 8.09. The Labute approximate surface area is 125 Å². The van der Waals surface area contributed by atoms with Gasteiger partial charge in [0.1, 0.15) is 5.75 Å². The molecule has 2 aromatic rings. The Morgan fingerprint density at radius 3 is 2.90 bits per heavy atom. The van der Waals surface area contributed by atoms with Crippen LogP contribution in [0.5, 0.6) is 5.75 Å². The second kappa shape index (κ2) is 6.20. The monoisotopic (exact) mass is 328 g/mol. The molecule has 0 aliphatic carbocycles. The highest BCUT2D eigenvalue weighted by atomic mass is 32.2. The number of benzene rings is 1. The van der Waals surface area contributed by atoms with Gasteiger partial charge in [-0.2, -0.15) is 0 Å². The summed E-state index contributed by atoms with van der Waals surface area (Å²) in [6.45, 7) is 0.0243. The van der Waals surface area contributed by atoms with Gasteiger partial charge in [-0.25, -0.2) is 22.9 Å². The Balaban J connectivity index is 2.18. The molecule has 0 saturated heterocycles. The van der Waals surface area contributed by atoms with E-state index in [-0.39, 0.29) is 10.8 Å². The van der Waals surface area contributed by atoms with E-state index in [9.17, 15) is 13.2 Å². The van der Waals surface area contributed by atoms with Crippen LogP contribution in [-0.2, 0) is 16.6 Å². The Morgan fingerprint density at radius 1 is 1.48 bits per heavy atom. The lowest BCUT2D eigenvalue weighted by Gasteiger charge is -2.07. The van der Waals surface area contributed by atoms with Crippen LogP contribution >= 0.6 is 11.3 Å². The summed E-state index contributed by atoms with van der Waals surface area (Å²) >= 11 is 0.761. The standard InChI is InChI=1S/C12H12N2O5S2/c1-19-9-4-2-3-8(5-9)6-14-21(17,18)12-10(11(15)16)13-7-20-12/h2-5,7,14H,6H2,1H3,(H,15,16). The van der Waals surface area contributed by atoms with Crippen molar-refractivity contribution in [3.63, 3.8) is 0 Å². The molecule has 1 heterocycles. The van der Waals surface area contributed by atoms with Crippen molar-refractivity contribution >= 4 is 27.3 Å². The van der Waals surface area contributed by atoms with E-state index in [2.05, 4.69) is 9.71 Å². The number of carboxylic acid groups (broad SMARTS) is 1. The number of hydrogen-bond donors (Lipinski definition) is 2. The van der Waals surface area contributed by atoms with Crippen LogP contribution < -0.4 is 9.46 Å². The first kappa shape index (κ1) is 15.4. The molecule has 0 aliphatic heterocycles. The zero-order valence-corrected chi connectivity index (χ0v) is 12.6. The predicted octanol–water partition coefficient (Wildman–Crippen LogP) is 1.33.